The third kappa shape index (κ3) is 2.62. The molecule has 0 aliphatic heterocycles. The third-order valence-corrected chi connectivity index (χ3v) is 4.61. The van der Waals surface area contributed by atoms with Crippen molar-refractivity contribution in [3.63, 3.8) is 0 Å². The predicted octanol–water partition coefficient (Wildman–Crippen LogP) is 2.57. The van der Waals surface area contributed by atoms with Gasteiger partial charge in [0.2, 0.25) is 0 Å². The van der Waals surface area contributed by atoms with Gasteiger partial charge in [-0.25, -0.2) is 0 Å². The molecule has 0 bridgehead atoms. The van der Waals surface area contributed by atoms with Crippen LogP contribution in [0.1, 0.15) is 55.6 Å². The van der Waals surface area contributed by atoms with Gasteiger partial charge in [0, 0.05) is 18.8 Å². The van der Waals surface area contributed by atoms with Crippen LogP contribution in [0.4, 0.5) is 5.69 Å². The van der Waals surface area contributed by atoms with Gasteiger partial charge < -0.3 is 15.6 Å². The Labute approximate surface area is 114 Å². The minimum absolute atomic E-state index is 0.0303. The fourth-order valence-corrected chi connectivity index (χ4v) is 3.18. The summed E-state index contributed by atoms with van der Waals surface area (Å²) < 4.78 is 2.04. The van der Waals surface area contributed by atoms with Crippen LogP contribution in [0.15, 0.2) is 12.3 Å². The second kappa shape index (κ2) is 4.91. The highest BCUT2D eigenvalue weighted by molar-refractivity contribution is 5.93. The van der Waals surface area contributed by atoms with Gasteiger partial charge in [0.1, 0.15) is 5.69 Å². The van der Waals surface area contributed by atoms with Crippen molar-refractivity contribution in [2.24, 2.45) is 11.8 Å². The van der Waals surface area contributed by atoms with E-state index in [9.17, 15) is 4.79 Å². The number of rotatable bonds is 4. The lowest BCUT2D eigenvalue weighted by atomic mass is 9.98. The molecule has 4 nitrogen and oxygen atoms in total. The smallest absolute Gasteiger partial charge is 0.268 e. The summed E-state index contributed by atoms with van der Waals surface area (Å²) in [6.45, 7) is 3.09. The second-order valence-corrected chi connectivity index (χ2v) is 6.18. The number of carbonyl (C=O) groups excluding carboxylic acids is 1. The number of amides is 1. The molecule has 1 heterocycles. The quantitative estimate of drug-likeness (QED) is 0.875. The van der Waals surface area contributed by atoms with Gasteiger partial charge in [-0.2, -0.15) is 0 Å². The molecule has 2 fully saturated rings. The summed E-state index contributed by atoms with van der Waals surface area (Å²) in [5.74, 6) is 1.41. The zero-order chi connectivity index (χ0) is 13.4. The van der Waals surface area contributed by atoms with E-state index >= 15 is 0 Å². The normalized spacial score (nSPS) is 26.6. The Kier molecular flexibility index (Phi) is 3.25. The number of hydrogen-bond acceptors (Lipinski definition) is 2. The maximum absolute atomic E-state index is 12.3. The first kappa shape index (κ1) is 12.6. The second-order valence-electron chi connectivity index (χ2n) is 6.18. The summed E-state index contributed by atoms with van der Waals surface area (Å²) >= 11 is 0. The van der Waals surface area contributed by atoms with Crippen molar-refractivity contribution in [2.75, 3.05) is 12.3 Å². The molecule has 0 spiro atoms. The van der Waals surface area contributed by atoms with Gasteiger partial charge in [-0.15, -0.1) is 0 Å². The molecule has 2 aliphatic carbocycles. The van der Waals surface area contributed by atoms with Crippen molar-refractivity contribution in [3.05, 3.63) is 18.0 Å². The fraction of sp³-hybridized carbons (Fsp3) is 0.667. The van der Waals surface area contributed by atoms with Crippen molar-refractivity contribution < 1.29 is 4.79 Å². The number of nitrogen functional groups attached to an aromatic ring is 1. The van der Waals surface area contributed by atoms with E-state index in [-0.39, 0.29) is 5.91 Å². The van der Waals surface area contributed by atoms with Crippen LogP contribution < -0.4 is 11.1 Å². The van der Waals surface area contributed by atoms with Crippen molar-refractivity contribution in [2.45, 2.75) is 45.1 Å². The molecule has 2 saturated carbocycles. The number of anilines is 1. The van der Waals surface area contributed by atoms with Gasteiger partial charge in [0.05, 0.1) is 5.69 Å². The van der Waals surface area contributed by atoms with E-state index in [2.05, 4.69) is 12.2 Å². The highest BCUT2D eigenvalue weighted by Gasteiger charge is 2.28. The first-order valence-electron chi connectivity index (χ1n) is 7.40. The number of nitrogens with two attached hydrogens (primary N) is 1. The molecule has 3 rings (SSSR count). The molecule has 19 heavy (non-hydrogen) atoms. The Morgan fingerprint density at radius 3 is 2.84 bits per heavy atom. The molecule has 0 aromatic carbocycles. The van der Waals surface area contributed by atoms with Crippen LogP contribution in [0.25, 0.3) is 0 Å². The molecule has 1 amide bonds. The summed E-state index contributed by atoms with van der Waals surface area (Å²) in [7, 11) is 0. The monoisotopic (exact) mass is 261 g/mol. The Morgan fingerprint density at radius 2 is 2.21 bits per heavy atom. The fourth-order valence-electron chi connectivity index (χ4n) is 3.18. The first-order chi connectivity index (χ1) is 9.15. The average Bonchev–Trinajstić information content (AvgIpc) is 3.04. The van der Waals surface area contributed by atoms with Gasteiger partial charge in [0.25, 0.3) is 5.91 Å². The molecule has 0 radical (unpaired) electrons. The largest absolute Gasteiger partial charge is 0.397 e. The van der Waals surface area contributed by atoms with E-state index in [1.165, 1.54) is 19.3 Å². The molecule has 1 aromatic rings. The highest BCUT2D eigenvalue weighted by Crippen LogP contribution is 2.37. The predicted molar refractivity (Wildman–Crippen MR) is 76.0 cm³/mol. The topological polar surface area (TPSA) is 60.1 Å². The lowest BCUT2D eigenvalue weighted by Crippen LogP contribution is -2.31. The number of carbonyl (C=O) groups is 1. The Bertz CT molecular complexity index is 476. The Balaban J connectivity index is 1.63. The van der Waals surface area contributed by atoms with E-state index in [1.807, 2.05) is 10.8 Å². The maximum atomic E-state index is 12.3. The molecule has 1 aromatic heterocycles. The van der Waals surface area contributed by atoms with Gasteiger partial charge in [-0.05, 0) is 37.2 Å². The van der Waals surface area contributed by atoms with Crippen molar-refractivity contribution in [1.82, 2.24) is 9.88 Å². The molecule has 2 atom stereocenters. The van der Waals surface area contributed by atoms with Crippen molar-refractivity contribution in [3.8, 4) is 0 Å². The Morgan fingerprint density at radius 1 is 1.42 bits per heavy atom. The number of nitrogens with one attached hydrogen (secondary N) is 1. The van der Waals surface area contributed by atoms with Crippen LogP contribution in [-0.2, 0) is 0 Å². The van der Waals surface area contributed by atoms with Crippen LogP contribution in [0.5, 0.6) is 0 Å². The lowest BCUT2D eigenvalue weighted by Gasteiger charge is -2.16. The first-order valence-corrected chi connectivity index (χ1v) is 7.40. The molecular weight excluding hydrogens is 238 g/mol. The molecule has 4 heteroatoms. The molecule has 3 N–H and O–H groups in total. The third-order valence-electron chi connectivity index (χ3n) is 4.61. The van der Waals surface area contributed by atoms with Gasteiger partial charge in [0.15, 0.2) is 0 Å². The zero-order valence-electron chi connectivity index (χ0n) is 11.6. The minimum atomic E-state index is 0.0303. The van der Waals surface area contributed by atoms with Crippen LogP contribution >= 0.6 is 0 Å². The van der Waals surface area contributed by atoms with Crippen LogP contribution in [0.3, 0.4) is 0 Å². The number of aromatic nitrogens is 1. The van der Waals surface area contributed by atoms with Crippen LogP contribution in [-0.4, -0.2) is 17.0 Å². The highest BCUT2D eigenvalue weighted by atomic mass is 16.1. The summed E-state index contributed by atoms with van der Waals surface area (Å²) in [6, 6.07) is 2.29. The number of nitrogens with zero attached hydrogens (tertiary/aromatic N) is 1. The maximum Gasteiger partial charge on any atom is 0.268 e. The summed E-state index contributed by atoms with van der Waals surface area (Å²) in [4.78, 5) is 12.3. The van der Waals surface area contributed by atoms with Gasteiger partial charge in [-0.3, -0.25) is 4.79 Å². The van der Waals surface area contributed by atoms with E-state index in [0.29, 0.717) is 17.6 Å². The summed E-state index contributed by atoms with van der Waals surface area (Å²) in [5.41, 5.74) is 7.24. The molecule has 2 aliphatic rings. The van der Waals surface area contributed by atoms with Gasteiger partial charge >= 0.3 is 0 Å². The van der Waals surface area contributed by atoms with Crippen LogP contribution in [0.2, 0.25) is 0 Å². The molecule has 104 valence electrons. The van der Waals surface area contributed by atoms with Crippen molar-refractivity contribution >= 4 is 11.6 Å². The standard InChI is InChI=1S/C15H23N3O/c1-10-3-2-4-11(10)8-17-15(19)14-7-12(16)9-18(14)13-5-6-13/h7,9-11,13H,2-6,8,16H2,1H3,(H,17,19). The van der Waals surface area contributed by atoms with E-state index in [0.717, 1.165) is 31.0 Å². The zero-order valence-corrected chi connectivity index (χ0v) is 11.6. The molecule has 0 saturated heterocycles. The summed E-state index contributed by atoms with van der Waals surface area (Å²) in [6.07, 6.45) is 8.05. The van der Waals surface area contributed by atoms with E-state index < -0.39 is 0 Å². The lowest BCUT2D eigenvalue weighted by molar-refractivity contribution is 0.0935. The average molecular weight is 261 g/mol. The van der Waals surface area contributed by atoms with Gasteiger partial charge in [-0.1, -0.05) is 19.8 Å². The minimum Gasteiger partial charge on any atom is -0.397 e. The number of hydrogen-bond donors (Lipinski definition) is 2. The SMILES string of the molecule is CC1CCCC1CNC(=O)c1cc(N)cn1C1CC1. The van der Waals surface area contributed by atoms with Crippen LogP contribution in [0, 0.1) is 11.8 Å². The van der Waals surface area contributed by atoms with Crippen molar-refractivity contribution in [1.29, 1.82) is 0 Å². The van der Waals surface area contributed by atoms with E-state index in [1.54, 1.807) is 6.07 Å². The Hall–Kier alpha value is -1.45. The molecular formula is C15H23N3O. The molecule has 2 unspecified atom stereocenters. The summed E-state index contributed by atoms with van der Waals surface area (Å²) in [5, 5.41) is 3.09. The van der Waals surface area contributed by atoms with E-state index in [4.69, 9.17) is 5.73 Å².